The van der Waals surface area contributed by atoms with Gasteiger partial charge in [0.15, 0.2) is 0 Å². The van der Waals surface area contributed by atoms with Crippen LogP contribution in [0.15, 0.2) is 23.1 Å². The Morgan fingerprint density at radius 1 is 1.47 bits per heavy atom. The van der Waals surface area contributed by atoms with Crippen LogP contribution in [-0.4, -0.2) is 26.3 Å². The lowest BCUT2D eigenvalue weighted by Gasteiger charge is -2.17. The van der Waals surface area contributed by atoms with Crippen LogP contribution in [0.3, 0.4) is 0 Å². The summed E-state index contributed by atoms with van der Waals surface area (Å²) < 4.78 is 25.1. The largest absolute Gasteiger partial charge is 0.398 e. The highest BCUT2D eigenvalue weighted by atomic mass is 35.5. The van der Waals surface area contributed by atoms with E-state index in [1.165, 1.54) is 23.5 Å². The highest BCUT2D eigenvalue weighted by molar-refractivity contribution is 7.89. The Kier molecular flexibility index (Phi) is 3.59. The van der Waals surface area contributed by atoms with Gasteiger partial charge in [0.1, 0.15) is 4.90 Å². The van der Waals surface area contributed by atoms with E-state index in [1.54, 1.807) is 13.0 Å². The molecule has 15 heavy (non-hydrogen) atoms. The van der Waals surface area contributed by atoms with E-state index in [0.29, 0.717) is 6.54 Å². The van der Waals surface area contributed by atoms with E-state index in [1.807, 2.05) is 0 Å². The molecule has 0 fully saturated rings. The van der Waals surface area contributed by atoms with Crippen LogP contribution in [0.5, 0.6) is 0 Å². The highest BCUT2D eigenvalue weighted by Gasteiger charge is 2.24. The molecule has 0 saturated heterocycles. The number of hydrogen-bond donors (Lipinski definition) is 1. The van der Waals surface area contributed by atoms with Gasteiger partial charge in [-0.3, -0.25) is 0 Å². The molecule has 0 saturated carbocycles. The predicted molar refractivity (Wildman–Crippen MR) is 61.4 cm³/mol. The third-order valence-corrected chi connectivity index (χ3v) is 4.59. The predicted octanol–water partition coefficient (Wildman–Crippen LogP) is 1.56. The first-order chi connectivity index (χ1) is 6.91. The van der Waals surface area contributed by atoms with Gasteiger partial charge in [0, 0.05) is 13.6 Å². The number of halogens is 1. The molecule has 0 spiro atoms. The average molecular weight is 249 g/mol. The summed E-state index contributed by atoms with van der Waals surface area (Å²) in [5.41, 5.74) is 5.78. The molecule has 0 atom stereocenters. The van der Waals surface area contributed by atoms with Crippen molar-refractivity contribution in [3.8, 4) is 0 Å². The van der Waals surface area contributed by atoms with Gasteiger partial charge >= 0.3 is 0 Å². The van der Waals surface area contributed by atoms with Gasteiger partial charge in [-0.05, 0) is 12.1 Å². The number of nitrogens with two attached hydrogens (primary N) is 1. The molecule has 1 aromatic rings. The van der Waals surface area contributed by atoms with Gasteiger partial charge in [-0.15, -0.1) is 0 Å². The Morgan fingerprint density at radius 2 is 2.07 bits per heavy atom. The van der Waals surface area contributed by atoms with Crippen molar-refractivity contribution in [1.29, 1.82) is 0 Å². The molecule has 0 unspecified atom stereocenters. The lowest BCUT2D eigenvalue weighted by atomic mass is 10.3. The van der Waals surface area contributed by atoms with Crippen LogP contribution < -0.4 is 5.73 Å². The first-order valence-electron chi connectivity index (χ1n) is 4.41. The quantitative estimate of drug-likeness (QED) is 0.826. The third-order valence-electron chi connectivity index (χ3n) is 2.11. The zero-order valence-corrected chi connectivity index (χ0v) is 10.1. The Hall–Kier alpha value is -0.780. The van der Waals surface area contributed by atoms with Crippen LogP contribution >= 0.6 is 11.6 Å². The second-order valence-electron chi connectivity index (χ2n) is 3.08. The number of anilines is 1. The fourth-order valence-electron chi connectivity index (χ4n) is 1.12. The smallest absolute Gasteiger partial charge is 0.246 e. The van der Waals surface area contributed by atoms with E-state index >= 15 is 0 Å². The summed E-state index contributed by atoms with van der Waals surface area (Å²) >= 11 is 5.83. The lowest BCUT2D eigenvalue weighted by Crippen LogP contribution is -2.27. The topological polar surface area (TPSA) is 63.4 Å². The first-order valence-corrected chi connectivity index (χ1v) is 6.23. The van der Waals surface area contributed by atoms with Crippen molar-refractivity contribution in [3.63, 3.8) is 0 Å². The minimum absolute atomic E-state index is 0.0176. The van der Waals surface area contributed by atoms with Crippen molar-refractivity contribution in [2.24, 2.45) is 0 Å². The highest BCUT2D eigenvalue weighted by Crippen LogP contribution is 2.29. The van der Waals surface area contributed by atoms with Crippen molar-refractivity contribution in [3.05, 3.63) is 23.2 Å². The van der Waals surface area contributed by atoms with Crippen molar-refractivity contribution >= 4 is 27.3 Å². The van der Waals surface area contributed by atoms with Gasteiger partial charge in [-0.1, -0.05) is 24.6 Å². The van der Waals surface area contributed by atoms with E-state index in [9.17, 15) is 8.42 Å². The van der Waals surface area contributed by atoms with Crippen molar-refractivity contribution in [1.82, 2.24) is 4.31 Å². The molecule has 4 nitrogen and oxygen atoms in total. The molecule has 84 valence electrons. The summed E-state index contributed by atoms with van der Waals surface area (Å²) in [6.07, 6.45) is 0. The molecule has 0 aromatic heterocycles. The summed E-state index contributed by atoms with van der Waals surface area (Å²) in [4.78, 5) is -0.0176. The molecule has 1 rings (SSSR count). The van der Waals surface area contributed by atoms with Crippen LogP contribution in [0.25, 0.3) is 0 Å². The van der Waals surface area contributed by atoms with E-state index in [0.717, 1.165) is 0 Å². The maximum absolute atomic E-state index is 12.0. The molecule has 0 aliphatic heterocycles. The lowest BCUT2D eigenvalue weighted by molar-refractivity contribution is 0.487. The van der Waals surface area contributed by atoms with Crippen molar-refractivity contribution in [2.45, 2.75) is 11.8 Å². The van der Waals surface area contributed by atoms with Crippen LogP contribution in [0.2, 0.25) is 5.02 Å². The Morgan fingerprint density at radius 3 is 2.53 bits per heavy atom. The molecule has 0 bridgehead atoms. The van der Waals surface area contributed by atoms with E-state index in [2.05, 4.69) is 0 Å². The summed E-state index contributed by atoms with van der Waals surface area (Å²) in [6.45, 7) is 2.11. The molecule has 2 N–H and O–H groups in total. The Balaban J connectivity index is 3.40. The summed E-state index contributed by atoms with van der Waals surface area (Å²) in [6, 6.07) is 4.64. The van der Waals surface area contributed by atoms with Crippen LogP contribution in [-0.2, 0) is 10.0 Å². The average Bonchev–Trinajstić information content (AvgIpc) is 2.15. The molecule has 0 amide bonds. The van der Waals surface area contributed by atoms with Crippen molar-refractivity contribution in [2.75, 3.05) is 19.3 Å². The molecular weight excluding hydrogens is 236 g/mol. The SMILES string of the molecule is CCN(C)S(=O)(=O)c1c(N)cccc1Cl. The minimum Gasteiger partial charge on any atom is -0.398 e. The maximum atomic E-state index is 12.0. The monoisotopic (exact) mass is 248 g/mol. The number of sulfonamides is 1. The van der Waals surface area contributed by atoms with Gasteiger partial charge in [-0.25, -0.2) is 12.7 Å². The third kappa shape index (κ3) is 2.25. The Bertz CT molecular complexity index is 439. The van der Waals surface area contributed by atoms with E-state index in [-0.39, 0.29) is 15.6 Å². The normalized spacial score (nSPS) is 12.0. The summed E-state index contributed by atoms with van der Waals surface area (Å²) in [5, 5.41) is 0.148. The number of nitrogens with zero attached hydrogens (tertiary/aromatic N) is 1. The number of hydrogen-bond acceptors (Lipinski definition) is 3. The Labute approximate surface area is 94.7 Å². The number of nitrogen functional groups attached to an aromatic ring is 1. The van der Waals surface area contributed by atoms with Gasteiger partial charge < -0.3 is 5.73 Å². The van der Waals surface area contributed by atoms with Crippen LogP contribution in [0, 0.1) is 0 Å². The van der Waals surface area contributed by atoms with Gasteiger partial charge in [0.25, 0.3) is 0 Å². The first kappa shape index (κ1) is 12.3. The van der Waals surface area contributed by atoms with Gasteiger partial charge in [-0.2, -0.15) is 0 Å². The zero-order chi connectivity index (χ0) is 11.6. The minimum atomic E-state index is -3.57. The number of rotatable bonds is 3. The molecule has 0 aliphatic rings. The van der Waals surface area contributed by atoms with Crippen molar-refractivity contribution < 1.29 is 8.42 Å². The number of benzene rings is 1. The molecule has 1 aromatic carbocycles. The van der Waals surface area contributed by atoms with Gasteiger partial charge in [0.05, 0.1) is 10.7 Å². The van der Waals surface area contributed by atoms with E-state index < -0.39 is 10.0 Å². The molecular formula is C9H13ClN2O2S. The van der Waals surface area contributed by atoms with Crippen LogP contribution in [0.1, 0.15) is 6.92 Å². The zero-order valence-electron chi connectivity index (χ0n) is 8.57. The second-order valence-corrected chi connectivity index (χ2v) is 5.47. The summed E-state index contributed by atoms with van der Waals surface area (Å²) in [5.74, 6) is 0. The molecule has 0 aliphatic carbocycles. The molecule has 0 heterocycles. The summed E-state index contributed by atoms with van der Waals surface area (Å²) in [7, 11) is -2.09. The fourth-order valence-corrected chi connectivity index (χ4v) is 2.93. The standard InChI is InChI=1S/C9H13ClN2O2S/c1-3-12(2)15(13,14)9-7(10)5-4-6-8(9)11/h4-6H,3,11H2,1-2H3. The van der Waals surface area contributed by atoms with E-state index in [4.69, 9.17) is 17.3 Å². The van der Waals surface area contributed by atoms with Gasteiger partial charge in [0.2, 0.25) is 10.0 Å². The fraction of sp³-hybridized carbons (Fsp3) is 0.333. The molecule has 0 radical (unpaired) electrons. The maximum Gasteiger partial charge on any atom is 0.246 e. The second kappa shape index (κ2) is 4.38. The molecule has 6 heteroatoms. The van der Waals surface area contributed by atoms with Crippen LogP contribution in [0.4, 0.5) is 5.69 Å².